The second kappa shape index (κ2) is 3.16. The van der Waals surface area contributed by atoms with Gasteiger partial charge in [-0.05, 0) is 0 Å². The number of rotatable bonds is 3. The van der Waals surface area contributed by atoms with Gasteiger partial charge in [0.05, 0.1) is 0 Å². The number of nitrogens with one attached hydrogen (secondary N) is 1. The lowest BCUT2D eigenvalue weighted by Crippen LogP contribution is -2.18. The monoisotopic (exact) mass is 133 g/mol. The maximum Gasteiger partial charge on any atom is 0.349 e. The zero-order valence-corrected chi connectivity index (χ0v) is 4.53. The van der Waals surface area contributed by atoms with Gasteiger partial charge in [-0.1, -0.05) is 0 Å². The summed E-state index contributed by atoms with van der Waals surface area (Å²) in [5.41, 5.74) is -0.704. The largest absolute Gasteiger partial charge is 0.477 e. The van der Waals surface area contributed by atoms with Crippen molar-refractivity contribution >= 4 is 11.7 Å². The van der Waals surface area contributed by atoms with Crippen LogP contribution in [0, 0.1) is 5.41 Å². The molecule has 0 fully saturated rings. The molecule has 0 aliphatic heterocycles. The third-order valence-electron chi connectivity index (χ3n) is 0.645. The lowest BCUT2D eigenvalue weighted by Gasteiger charge is -1.98. The molecule has 4 N–H and O–H groups in total. The Morgan fingerprint density at radius 3 is 2.11 bits per heavy atom. The topological polar surface area (TPSA) is 102 Å². The smallest absolute Gasteiger partial charge is 0.349 e. The fourth-order valence-corrected chi connectivity index (χ4v) is 0.270. The van der Waals surface area contributed by atoms with Gasteiger partial charge in [0.15, 0.2) is 6.29 Å². The van der Waals surface area contributed by atoms with Crippen LogP contribution in [-0.4, -0.2) is 33.3 Å². The first-order valence-electron chi connectivity index (χ1n) is 2.21. The van der Waals surface area contributed by atoms with Gasteiger partial charge in [0, 0.05) is 6.42 Å². The van der Waals surface area contributed by atoms with E-state index in [4.69, 9.17) is 20.7 Å². The maximum absolute atomic E-state index is 9.79. The number of carboxylic acids is 1. The predicted octanol–water partition coefficient (Wildman–Crippen LogP) is -1.21. The molecule has 0 aromatic heterocycles. The fraction of sp³-hybridized carbons (Fsp3) is 0.500. The standard InChI is InChI=1S/C4H7NO4/c5-2(4(8)9)1-3(6)7/h3,5-7H,1H2,(H,8,9). The SMILES string of the molecule is N=C(CC(O)O)C(=O)O. The minimum atomic E-state index is -1.74. The molecular formula is C4H7NO4. The van der Waals surface area contributed by atoms with E-state index in [0.29, 0.717) is 0 Å². The molecular weight excluding hydrogens is 126 g/mol. The summed E-state index contributed by atoms with van der Waals surface area (Å²) < 4.78 is 0. The fourth-order valence-electron chi connectivity index (χ4n) is 0.270. The van der Waals surface area contributed by atoms with Crippen molar-refractivity contribution in [2.75, 3.05) is 0 Å². The molecule has 0 atom stereocenters. The van der Waals surface area contributed by atoms with Crippen LogP contribution < -0.4 is 0 Å². The van der Waals surface area contributed by atoms with Gasteiger partial charge < -0.3 is 15.3 Å². The van der Waals surface area contributed by atoms with E-state index in [1.54, 1.807) is 0 Å². The molecule has 0 amide bonds. The second-order valence-corrected chi connectivity index (χ2v) is 1.47. The summed E-state index contributed by atoms with van der Waals surface area (Å²) in [5, 5.41) is 30.8. The van der Waals surface area contributed by atoms with Crippen LogP contribution in [0.4, 0.5) is 0 Å². The van der Waals surface area contributed by atoms with Crippen LogP contribution in [0.15, 0.2) is 0 Å². The highest BCUT2D eigenvalue weighted by Gasteiger charge is 2.09. The number of aliphatic hydroxyl groups excluding tert-OH is 1. The number of hydrogen-bond acceptors (Lipinski definition) is 4. The van der Waals surface area contributed by atoms with Gasteiger partial charge >= 0.3 is 5.97 Å². The van der Waals surface area contributed by atoms with Gasteiger partial charge in [0.1, 0.15) is 5.71 Å². The number of aliphatic carboxylic acids is 1. The second-order valence-electron chi connectivity index (χ2n) is 1.47. The number of carboxylic acid groups (broad SMARTS) is 1. The van der Waals surface area contributed by atoms with Crippen LogP contribution in [0.25, 0.3) is 0 Å². The average molecular weight is 133 g/mol. The highest BCUT2D eigenvalue weighted by Crippen LogP contribution is 1.87. The van der Waals surface area contributed by atoms with Gasteiger partial charge in [-0.2, -0.15) is 0 Å². The van der Waals surface area contributed by atoms with Gasteiger partial charge in [-0.15, -0.1) is 0 Å². The van der Waals surface area contributed by atoms with E-state index in [2.05, 4.69) is 0 Å². The van der Waals surface area contributed by atoms with Crippen LogP contribution in [-0.2, 0) is 4.79 Å². The number of hydrogen-bond donors (Lipinski definition) is 4. The highest BCUT2D eigenvalue weighted by molar-refractivity contribution is 6.34. The molecule has 52 valence electrons. The molecule has 0 aliphatic carbocycles. The first kappa shape index (κ1) is 8.06. The molecule has 0 aromatic carbocycles. The van der Waals surface area contributed by atoms with Crippen molar-refractivity contribution in [3.05, 3.63) is 0 Å². The van der Waals surface area contributed by atoms with Crippen molar-refractivity contribution in [1.82, 2.24) is 0 Å². The summed E-state index contributed by atoms with van der Waals surface area (Å²) in [6, 6.07) is 0. The van der Waals surface area contributed by atoms with Crippen molar-refractivity contribution in [3.63, 3.8) is 0 Å². The highest BCUT2D eigenvalue weighted by atomic mass is 16.5. The molecule has 0 radical (unpaired) electrons. The maximum atomic E-state index is 9.79. The quantitative estimate of drug-likeness (QED) is 0.286. The molecule has 9 heavy (non-hydrogen) atoms. The molecule has 0 aromatic rings. The molecule has 0 saturated carbocycles. The van der Waals surface area contributed by atoms with E-state index < -0.39 is 24.4 Å². The molecule has 0 aliphatic rings. The van der Waals surface area contributed by atoms with Crippen molar-refractivity contribution in [2.24, 2.45) is 0 Å². The summed E-state index contributed by atoms with van der Waals surface area (Å²) in [6.45, 7) is 0. The summed E-state index contributed by atoms with van der Waals surface area (Å²) >= 11 is 0. The van der Waals surface area contributed by atoms with Crippen LogP contribution in [0.1, 0.15) is 6.42 Å². The Bertz CT molecular complexity index is 131. The van der Waals surface area contributed by atoms with Crippen molar-refractivity contribution in [1.29, 1.82) is 5.41 Å². The molecule has 0 spiro atoms. The zero-order chi connectivity index (χ0) is 7.44. The minimum absolute atomic E-state index is 0.532. The van der Waals surface area contributed by atoms with Crippen LogP contribution in [0.2, 0.25) is 0 Å². The summed E-state index contributed by atoms with van der Waals surface area (Å²) in [6.07, 6.45) is -2.27. The van der Waals surface area contributed by atoms with Gasteiger partial charge in [-0.3, -0.25) is 5.41 Å². The van der Waals surface area contributed by atoms with Gasteiger partial charge in [0.25, 0.3) is 0 Å². The molecule has 0 saturated heterocycles. The Kier molecular flexibility index (Phi) is 2.83. The van der Waals surface area contributed by atoms with E-state index in [9.17, 15) is 4.79 Å². The van der Waals surface area contributed by atoms with Crippen LogP contribution >= 0.6 is 0 Å². The predicted molar refractivity (Wildman–Crippen MR) is 28.2 cm³/mol. The Balaban J connectivity index is 3.65. The molecule has 0 heterocycles. The molecule has 5 heteroatoms. The van der Waals surface area contributed by atoms with E-state index in [1.165, 1.54) is 0 Å². The van der Waals surface area contributed by atoms with Crippen LogP contribution in [0.5, 0.6) is 0 Å². The zero-order valence-electron chi connectivity index (χ0n) is 4.53. The molecule has 0 bridgehead atoms. The van der Waals surface area contributed by atoms with Gasteiger partial charge in [0.2, 0.25) is 0 Å². The summed E-state index contributed by atoms with van der Waals surface area (Å²) in [4.78, 5) is 9.79. The molecule has 0 rings (SSSR count). The average Bonchev–Trinajstić information content (AvgIpc) is 1.63. The Morgan fingerprint density at radius 2 is 2.00 bits per heavy atom. The molecule has 0 unspecified atom stereocenters. The first-order chi connectivity index (χ1) is 4.04. The third-order valence-corrected chi connectivity index (χ3v) is 0.645. The Labute approximate surface area is 51.1 Å². The van der Waals surface area contributed by atoms with E-state index >= 15 is 0 Å². The summed E-state index contributed by atoms with van der Waals surface area (Å²) in [7, 11) is 0. The van der Waals surface area contributed by atoms with Crippen molar-refractivity contribution in [3.8, 4) is 0 Å². The van der Waals surface area contributed by atoms with E-state index in [0.717, 1.165) is 0 Å². The Hall–Kier alpha value is -0.940. The lowest BCUT2D eigenvalue weighted by molar-refractivity contribution is -0.130. The van der Waals surface area contributed by atoms with E-state index in [-0.39, 0.29) is 0 Å². The first-order valence-corrected chi connectivity index (χ1v) is 2.21. The van der Waals surface area contributed by atoms with Crippen LogP contribution in [0.3, 0.4) is 0 Å². The lowest BCUT2D eigenvalue weighted by atomic mass is 10.3. The number of aliphatic hydroxyl groups is 2. The normalized spacial score (nSPS) is 9.67. The third kappa shape index (κ3) is 3.63. The van der Waals surface area contributed by atoms with Gasteiger partial charge in [-0.25, -0.2) is 4.79 Å². The Morgan fingerprint density at radius 1 is 1.56 bits per heavy atom. The summed E-state index contributed by atoms with van der Waals surface area (Å²) in [5.74, 6) is -1.43. The minimum Gasteiger partial charge on any atom is -0.477 e. The van der Waals surface area contributed by atoms with Crippen molar-refractivity contribution < 1.29 is 20.1 Å². The number of carbonyl (C=O) groups is 1. The van der Waals surface area contributed by atoms with Crippen molar-refractivity contribution in [2.45, 2.75) is 12.7 Å². The van der Waals surface area contributed by atoms with E-state index in [1.807, 2.05) is 0 Å². The molecule has 5 nitrogen and oxygen atoms in total.